The van der Waals surface area contributed by atoms with Crippen LogP contribution in [0.1, 0.15) is 52.5 Å². The smallest absolute Gasteiger partial charge is 0.425 e. The van der Waals surface area contributed by atoms with Crippen LogP contribution < -0.4 is 14.8 Å². The van der Waals surface area contributed by atoms with Gasteiger partial charge in [-0.05, 0) is 66.1 Å². The molecule has 4 aromatic carbocycles. The van der Waals surface area contributed by atoms with Crippen molar-refractivity contribution in [1.29, 1.82) is 5.26 Å². The molecular weight excluding hydrogens is 674 g/mol. The number of ether oxygens (including phenoxy) is 3. The van der Waals surface area contributed by atoms with Gasteiger partial charge in [0.1, 0.15) is 28.9 Å². The van der Waals surface area contributed by atoms with Crippen molar-refractivity contribution in [3.05, 3.63) is 154 Å². The fourth-order valence-corrected chi connectivity index (χ4v) is 6.10. The van der Waals surface area contributed by atoms with Crippen molar-refractivity contribution in [2.24, 2.45) is 4.99 Å². The minimum Gasteiger partial charge on any atom is -0.497 e. The van der Waals surface area contributed by atoms with Gasteiger partial charge in [-0.1, -0.05) is 66.4 Å². The van der Waals surface area contributed by atoms with Gasteiger partial charge >= 0.3 is 6.18 Å². The maximum Gasteiger partial charge on any atom is 0.425 e. The minimum atomic E-state index is -4.83. The van der Waals surface area contributed by atoms with E-state index in [1.807, 2.05) is 36.4 Å². The van der Waals surface area contributed by atoms with Crippen molar-refractivity contribution in [3.63, 3.8) is 0 Å². The number of nitrogens with zero attached hydrogens (tertiary/aromatic N) is 4. The van der Waals surface area contributed by atoms with Crippen LogP contribution in [0.2, 0.25) is 0 Å². The fourth-order valence-electron chi connectivity index (χ4n) is 6.10. The number of amidine groups is 1. The van der Waals surface area contributed by atoms with Gasteiger partial charge in [-0.3, -0.25) is 0 Å². The summed E-state index contributed by atoms with van der Waals surface area (Å²) in [7, 11) is 3.07. The second kappa shape index (κ2) is 14.4. The third-order valence-electron chi connectivity index (χ3n) is 8.75. The number of alkyl halides is 3. The quantitative estimate of drug-likeness (QED) is 0.107. The predicted octanol–water partition coefficient (Wildman–Crippen LogP) is 7.41. The van der Waals surface area contributed by atoms with Gasteiger partial charge in [0, 0.05) is 29.9 Å². The lowest BCUT2D eigenvalue weighted by molar-refractivity contribution is -0.209. The van der Waals surface area contributed by atoms with E-state index in [-0.39, 0.29) is 11.4 Å². The monoisotopic (exact) mass is 705 g/mol. The molecule has 12 heteroatoms. The molecule has 5 aromatic rings. The molecule has 0 bridgehead atoms. The van der Waals surface area contributed by atoms with Crippen LogP contribution in [-0.2, 0) is 15.8 Å². The Labute approximate surface area is 297 Å². The molecule has 0 unspecified atom stereocenters. The first-order chi connectivity index (χ1) is 25.0. The number of aromatic nitrogens is 2. The van der Waals surface area contributed by atoms with Crippen LogP contribution in [0.25, 0.3) is 0 Å². The summed E-state index contributed by atoms with van der Waals surface area (Å²) >= 11 is 0. The summed E-state index contributed by atoms with van der Waals surface area (Å²) in [6.07, 6.45) is -5.15. The summed E-state index contributed by atoms with van der Waals surface area (Å²) in [5.74, 6) is 6.07. The average molecular weight is 706 g/mol. The second-order valence-electron chi connectivity index (χ2n) is 12.1. The molecule has 0 radical (unpaired) electrons. The Kier molecular flexibility index (Phi) is 9.84. The molecular formula is C40H31F4N5O3. The van der Waals surface area contributed by atoms with Gasteiger partial charge in [0.15, 0.2) is 6.10 Å². The second-order valence-corrected chi connectivity index (χ2v) is 12.1. The van der Waals surface area contributed by atoms with Crippen LogP contribution >= 0.6 is 0 Å². The number of nitriles is 1. The van der Waals surface area contributed by atoms with Crippen molar-refractivity contribution in [1.82, 2.24) is 15.3 Å². The average Bonchev–Trinajstić information content (AvgIpc) is 3.16. The van der Waals surface area contributed by atoms with Gasteiger partial charge in [-0.25, -0.2) is 19.4 Å². The predicted molar refractivity (Wildman–Crippen MR) is 185 cm³/mol. The molecule has 2 heterocycles. The molecule has 0 saturated heterocycles. The van der Waals surface area contributed by atoms with Crippen molar-refractivity contribution in [2.75, 3.05) is 14.2 Å². The molecule has 262 valence electrons. The van der Waals surface area contributed by atoms with Crippen molar-refractivity contribution < 1.29 is 31.8 Å². The Morgan fingerprint density at radius 3 is 1.90 bits per heavy atom. The number of aliphatic imine (C=N–C) groups is 1. The minimum absolute atomic E-state index is 0.0289. The number of hydrogen-bond donors (Lipinski definition) is 1. The first kappa shape index (κ1) is 35.4. The molecule has 0 amide bonds. The highest BCUT2D eigenvalue weighted by Gasteiger charge is 2.51. The lowest BCUT2D eigenvalue weighted by atomic mass is 9.77. The molecule has 0 spiro atoms. The normalized spacial score (nSPS) is 17.0. The van der Waals surface area contributed by atoms with Crippen LogP contribution in [0, 0.1) is 29.0 Å². The van der Waals surface area contributed by atoms with E-state index in [0.29, 0.717) is 39.3 Å². The molecule has 1 N–H and O–H groups in total. The third-order valence-corrected chi connectivity index (χ3v) is 8.75. The van der Waals surface area contributed by atoms with Crippen LogP contribution in [0.5, 0.6) is 11.5 Å². The van der Waals surface area contributed by atoms with Crippen LogP contribution in [0.15, 0.2) is 114 Å². The SMILES string of the molecule is COc1ccc(C(NC2=N[C@](C)(c3cc(C#Cc4cnc(C#N)nc4)ccc3F)C[C@@H](C(F)(F)F)O2)(c2ccccc2)c2ccc(OC)cc2)cc1. The lowest BCUT2D eigenvalue weighted by Crippen LogP contribution is -2.54. The van der Waals surface area contributed by atoms with Crippen LogP contribution in [-0.4, -0.2) is 42.5 Å². The Balaban J connectivity index is 1.52. The highest BCUT2D eigenvalue weighted by Crippen LogP contribution is 2.44. The van der Waals surface area contributed by atoms with Crippen LogP contribution in [0.4, 0.5) is 17.6 Å². The maximum atomic E-state index is 15.7. The summed E-state index contributed by atoms with van der Waals surface area (Å²) in [6, 6.07) is 28.6. The van der Waals surface area contributed by atoms with Crippen molar-refractivity contribution >= 4 is 6.02 Å². The molecule has 1 aliphatic heterocycles. The number of hydrogen-bond acceptors (Lipinski definition) is 8. The number of methoxy groups -OCH3 is 2. The number of nitrogens with one attached hydrogen (secondary N) is 1. The maximum absolute atomic E-state index is 15.7. The molecule has 0 aliphatic carbocycles. The van der Waals surface area contributed by atoms with E-state index in [1.165, 1.54) is 45.7 Å². The van der Waals surface area contributed by atoms with Gasteiger partial charge < -0.3 is 19.5 Å². The lowest BCUT2D eigenvalue weighted by Gasteiger charge is -2.42. The van der Waals surface area contributed by atoms with Gasteiger partial charge in [0.2, 0.25) is 5.82 Å². The molecule has 8 nitrogen and oxygen atoms in total. The highest BCUT2D eigenvalue weighted by atomic mass is 19.4. The Hall–Kier alpha value is -6.40. The summed E-state index contributed by atoms with van der Waals surface area (Å²) in [5.41, 5.74) is -0.627. The highest BCUT2D eigenvalue weighted by molar-refractivity contribution is 5.79. The summed E-state index contributed by atoms with van der Waals surface area (Å²) < 4.78 is 76.3. The zero-order valence-electron chi connectivity index (χ0n) is 28.2. The molecule has 1 aliphatic rings. The van der Waals surface area contributed by atoms with E-state index in [9.17, 15) is 13.2 Å². The van der Waals surface area contributed by atoms with Crippen molar-refractivity contribution in [3.8, 4) is 29.4 Å². The molecule has 0 saturated carbocycles. The van der Waals surface area contributed by atoms with Gasteiger partial charge in [0.25, 0.3) is 6.02 Å². The third kappa shape index (κ3) is 7.23. The number of halogens is 4. The Morgan fingerprint density at radius 2 is 1.37 bits per heavy atom. The standard InChI is InChI=1S/C40H31F4N5O3/c1-38(33-21-26(11-20-34(33)41)9-10-27-24-46-36(23-45)47-25-27)22-35(40(42,43)44)52-37(48-38)49-39(28-7-5-4-6-8-28,29-12-16-31(50-2)17-13-29)30-14-18-32(51-3)19-15-30/h4-8,11-21,24-25,35H,22H2,1-3H3,(H,48,49)/t35-,38-/m0/s1. The fraction of sp³-hybridized carbons (Fsp3) is 0.200. The first-order valence-electron chi connectivity index (χ1n) is 16.0. The van der Waals surface area contributed by atoms with E-state index < -0.39 is 41.6 Å². The zero-order valence-corrected chi connectivity index (χ0v) is 28.2. The Morgan fingerprint density at radius 1 is 0.808 bits per heavy atom. The van der Waals surface area contributed by atoms with Gasteiger partial charge in [-0.15, -0.1) is 0 Å². The van der Waals surface area contributed by atoms with E-state index in [0.717, 1.165) is 6.07 Å². The topological polar surface area (TPSA) is 102 Å². The summed E-state index contributed by atoms with van der Waals surface area (Å²) in [5, 5.41) is 12.2. The van der Waals surface area contributed by atoms with Crippen LogP contribution in [0.3, 0.4) is 0 Å². The molecule has 0 fully saturated rings. The molecule has 1 aromatic heterocycles. The van der Waals surface area contributed by atoms with Gasteiger partial charge in [-0.2, -0.15) is 18.4 Å². The number of benzene rings is 4. The molecule has 52 heavy (non-hydrogen) atoms. The van der Waals surface area contributed by atoms with Crippen molar-refractivity contribution in [2.45, 2.75) is 36.7 Å². The summed E-state index contributed by atoms with van der Waals surface area (Å²) in [4.78, 5) is 12.5. The molecule has 6 rings (SSSR count). The largest absolute Gasteiger partial charge is 0.497 e. The zero-order chi connectivity index (χ0) is 36.9. The van der Waals surface area contributed by atoms with E-state index in [4.69, 9.17) is 24.5 Å². The van der Waals surface area contributed by atoms with E-state index in [2.05, 4.69) is 27.1 Å². The van der Waals surface area contributed by atoms with E-state index in [1.54, 1.807) is 48.5 Å². The first-order valence-corrected chi connectivity index (χ1v) is 16.0. The molecule has 2 atom stereocenters. The number of rotatable bonds is 7. The Bertz CT molecular complexity index is 2130. The van der Waals surface area contributed by atoms with E-state index >= 15 is 4.39 Å². The van der Waals surface area contributed by atoms with Gasteiger partial charge in [0.05, 0.1) is 25.3 Å². The summed E-state index contributed by atoms with van der Waals surface area (Å²) in [6.45, 7) is 1.44.